The Morgan fingerprint density at radius 1 is 0.971 bits per heavy atom. The summed E-state index contributed by atoms with van der Waals surface area (Å²) in [7, 11) is 0. The number of hydrogen-bond acceptors (Lipinski definition) is 6. The fourth-order valence-corrected chi connectivity index (χ4v) is 3.73. The van der Waals surface area contributed by atoms with Crippen LogP contribution in [0.3, 0.4) is 0 Å². The van der Waals surface area contributed by atoms with E-state index in [4.69, 9.17) is 0 Å². The van der Waals surface area contributed by atoms with E-state index in [1.807, 2.05) is 67.6 Å². The van der Waals surface area contributed by atoms with Gasteiger partial charge in [-0.05, 0) is 55.8 Å². The van der Waals surface area contributed by atoms with E-state index >= 15 is 0 Å². The van der Waals surface area contributed by atoms with Crippen LogP contribution in [-0.4, -0.2) is 30.5 Å². The van der Waals surface area contributed by atoms with Crippen molar-refractivity contribution < 1.29 is 4.79 Å². The Bertz CT molecular complexity index is 1480. The number of carbonyl (C=O) groups excluding carboxylic acids is 1. The van der Waals surface area contributed by atoms with Gasteiger partial charge in [0.2, 0.25) is 0 Å². The molecular formula is C27H25N7O. The van der Waals surface area contributed by atoms with Gasteiger partial charge in [-0.3, -0.25) is 9.78 Å². The molecule has 2 aromatic carbocycles. The van der Waals surface area contributed by atoms with E-state index in [0.717, 1.165) is 46.9 Å². The SMILES string of the molecule is CCCc1cc(Nc2cccc(C(=O)Nc3ccc(C)cc3)c2)n2nc(-c3cccnc3)nc2n1. The van der Waals surface area contributed by atoms with E-state index in [2.05, 4.69) is 37.6 Å². The van der Waals surface area contributed by atoms with Gasteiger partial charge in [-0.25, -0.2) is 4.98 Å². The third kappa shape index (κ3) is 5.01. The Hall–Kier alpha value is -4.59. The molecule has 2 N–H and O–H groups in total. The smallest absolute Gasteiger partial charge is 0.255 e. The van der Waals surface area contributed by atoms with Crippen molar-refractivity contribution in [1.29, 1.82) is 0 Å². The quantitative estimate of drug-likeness (QED) is 0.333. The van der Waals surface area contributed by atoms with Crippen LogP contribution in [0, 0.1) is 6.92 Å². The monoisotopic (exact) mass is 463 g/mol. The molecule has 8 heteroatoms. The molecule has 0 spiro atoms. The zero-order valence-corrected chi connectivity index (χ0v) is 19.6. The van der Waals surface area contributed by atoms with Crippen LogP contribution in [0.15, 0.2) is 79.1 Å². The molecule has 0 aliphatic rings. The van der Waals surface area contributed by atoms with Crippen molar-refractivity contribution in [1.82, 2.24) is 24.6 Å². The predicted molar refractivity (Wildman–Crippen MR) is 137 cm³/mol. The average molecular weight is 464 g/mol. The van der Waals surface area contributed by atoms with E-state index in [-0.39, 0.29) is 5.91 Å². The van der Waals surface area contributed by atoms with Gasteiger partial charge in [0.05, 0.1) is 0 Å². The normalized spacial score (nSPS) is 10.9. The van der Waals surface area contributed by atoms with Crippen molar-refractivity contribution in [3.8, 4) is 11.4 Å². The van der Waals surface area contributed by atoms with Gasteiger partial charge in [-0.15, -0.1) is 5.10 Å². The van der Waals surface area contributed by atoms with Crippen LogP contribution < -0.4 is 10.6 Å². The van der Waals surface area contributed by atoms with E-state index in [0.29, 0.717) is 17.2 Å². The van der Waals surface area contributed by atoms with Gasteiger partial charge in [-0.2, -0.15) is 9.50 Å². The fraction of sp³-hybridized carbons (Fsp3) is 0.148. The predicted octanol–water partition coefficient (Wildman–Crippen LogP) is 5.44. The number of aromatic nitrogens is 5. The molecule has 5 rings (SSSR count). The Morgan fingerprint density at radius 2 is 1.83 bits per heavy atom. The third-order valence-corrected chi connectivity index (χ3v) is 5.50. The number of rotatable bonds is 7. The summed E-state index contributed by atoms with van der Waals surface area (Å²) in [5.74, 6) is 1.60. The number of nitrogens with one attached hydrogen (secondary N) is 2. The largest absolute Gasteiger partial charge is 0.340 e. The molecule has 0 radical (unpaired) electrons. The summed E-state index contributed by atoms with van der Waals surface area (Å²) in [4.78, 5) is 26.3. The minimum atomic E-state index is -0.177. The molecule has 5 aromatic rings. The number of carbonyl (C=O) groups is 1. The average Bonchev–Trinajstić information content (AvgIpc) is 3.31. The highest BCUT2D eigenvalue weighted by atomic mass is 16.1. The maximum Gasteiger partial charge on any atom is 0.255 e. The molecular weight excluding hydrogens is 438 g/mol. The number of benzene rings is 2. The third-order valence-electron chi connectivity index (χ3n) is 5.50. The van der Waals surface area contributed by atoms with E-state index < -0.39 is 0 Å². The fourth-order valence-electron chi connectivity index (χ4n) is 3.73. The minimum Gasteiger partial charge on any atom is -0.340 e. The van der Waals surface area contributed by atoms with Gasteiger partial charge >= 0.3 is 0 Å². The summed E-state index contributed by atoms with van der Waals surface area (Å²) in [5.41, 5.74) is 4.93. The second-order valence-corrected chi connectivity index (χ2v) is 8.30. The lowest BCUT2D eigenvalue weighted by atomic mass is 10.1. The molecule has 0 unspecified atom stereocenters. The molecule has 8 nitrogen and oxygen atoms in total. The number of amides is 1. The molecule has 0 bridgehead atoms. The summed E-state index contributed by atoms with van der Waals surface area (Å²) in [6.45, 7) is 4.12. The molecule has 3 heterocycles. The number of anilines is 3. The lowest BCUT2D eigenvalue weighted by molar-refractivity contribution is 0.102. The van der Waals surface area contributed by atoms with Crippen LogP contribution in [0.5, 0.6) is 0 Å². The van der Waals surface area contributed by atoms with Crippen molar-refractivity contribution in [2.75, 3.05) is 10.6 Å². The Morgan fingerprint density at radius 3 is 2.60 bits per heavy atom. The van der Waals surface area contributed by atoms with Gasteiger partial charge in [0.15, 0.2) is 5.82 Å². The van der Waals surface area contributed by atoms with Crippen molar-refractivity contribution >= 4 is 28.9 Å². The van der Waals surface area contributed by atoms with Crippen LogP contribution >= 0.6 is 0 Å². The topological polar surface area (TPSA) is 97.1 Å². The van der Waals surface area contributed by atoms with Gasteiger partial charge in [-0.1, -0.05) is 37.1 Å². The lowest BCUT2D eigenvalue weighted by Crippen LogP contribution is -2.12. The first-order chi connectivity index (χ1) is 17.1. The molecule has 0 saturated heterocycles. The first-order valence-electron chi connectivity index (χ1n) is 11.5. The van der Waals surface area contributed by atoms with Crippen LogP contribution in [0.4, 0.5) is 17.2 Å². The Kier molecular flexibility index (Phi) is 6.17. The van der Waals surface area contributed by atoms with Crippen molar-refractivity contribution in [3.05, 3.63) is 95.9 Å². The highest BCUT2D eigenvalue weighted by Crippen LogP contribution is 2.23. The summed E-state index contributed by atoms with van der Waals surface area (Å²) in [6, 6.07) is 20.8. The highest BCUT2D eigenvalue weighted by molar-refractivity contribution is 6.04. The first-order valence-corrected chi connectivity index (χ1v) is 11.5. The molecule has 174 valence electrons. The van der Waals surface area contributed by atoms with E-state index in [9.17, 15) is 4.79 Å². The molecule has 1 amide bonds. The molecule has 0 aliphatic heterocycles. The summed E-state index contributed by atoms with van der Waals surface area (Å²) < 4.78 is 1.68. The molecule has 0 aliphatic carbocycles. The van der Waals surface area contributed by atoms with Crippen LogP contribution in [0.2, 0.25) is 0 Å². The number of aryl methyl sites for hydroxylation is 2. The second-order valence-electron chi connectivity index (χ2n) is 8.30. The van der Waals surface area contributed by atoms with Gasteiger partial charge < -0.3 is 10.6 Å². The van der Waals surface area contributed by atoms with Crippen LogP contribution in [-0.2, 0) is 6.42 Å². The molecule has 35 heavy (non-hydrogen) atoms. The van der Waals surface area contributed by atoms with Gasteiger partial charge in [0.1, 0.15) is 5.82 Å². The summed E-state index contributed by atoms with van der Waals surface area (Å²) in [6.07, 6.45) is 5.22. The number of hydrogen-bond donors (Lipinski definition) is 2. The van der Waals surface area contributed by atoms with E-state index in [1.54, 1.807) is 23.0 Å². The van der Waals surface area contributed by atoms with Crippen molar-refractivity contribution in [3.63, 3.8) is 0 Å². The van der Waals surface area contributed by atoms with Gasteiger partial charge in [0.25, 0.3) is 11.7 Å². The highest BCUT2D eigenvalue weighted by Gasteiger charge is 2.14. The first kappa shape index (κ1) is 22.2. The second kappa shape index (κ2) is 9.72. The standard InChI is InChI=1S/C27H25N7O/c1-3-6-22-16-24(34-27(31-22)32-25(33-34)20-8-5-14-28-17-20)29-23-9-4-7-19(15-23)26(35)30-21-12-10-18(2)11-13-21/h4-5,7-17,29H,3,6H2,1-2H3,(H,30,35). The van der Waals surface area contributed by atoms with Crippen LogP contribution in [0.25, 0.3) is 17.2 Å². The van der Waals surface area contributed by atoms with Crippen LogP contribution in [0.1, 0.15) is 35.0 Å². The van der Waals surface area contributed by atoms with Crippen molar-refractivity contribution in [2.45, 2.75) is 26.7 Å². The Balaban J connectivity index is 1.46. The van der Waals surface area contributed by atoms with Crippen molar-refractivity contribution in [2.24, 2.45) is 0 Å². The zero-order valence-electron chi connectivity index (χ0n) is 19.6. The number of nitrogens with zero attached hydrogens (tertiary/aromatic N) is 5. The molecule has 0 fully saturated rings. The van der Waals surface area contributed by atoms with Gasteiger partial charge in [0, 0.05) is 46.7 Å². The maximum absolute atomic E-state index is 12.8. The van der Waals surface area contributed by atoms with E-state index in [1.165, 1.54) is 0 Å². The molecule has 3 aromatic heterocycles. The Labute approximate surface area is 203 Å². The minimum absolute atomic E-state index is 0.177. The number of pyridine rings is 1. The number of fused-ring (bicyclic) bond motifs is 1. The maximum atomic E-state index is 12.8. The molecule has 0 saturated carbocycles. The lowest BCUT2D eigenvalue weighted by Gasteiger charge is -2.11. The zero-order chi connectivity index (χ0) is 24.2. The summed E-state index contributed by atoms with van der Waals surface area (Å²) >= 11 is 0. The molecule has 0 atom stereocenters. The summed E-state index contributed by atoms with van der Waals surface area (Å²) in [5, 5.41) is 11.0.